The predicted octanol–water partition coefficient (Wildman–Crippen LogP) is 1.88. The van der Waals surface area contributed by atoms with E-state index in [2.05, 4.69) is 6.58 Å². The first-order valence-corrected chi connectivity index (χ1v) is 3.31. The Morgan fingerprint density at radius 3 is 2.00 bits per heavy atom. The normalized spacial score (nSPS) is 24.4. The van der Waals surface area contributed by atoms with E-state index in [-0.39, 0.29) is 12.8 Å². The lowest BCUT2D eigenvalue weighted by atomic mass is 9.99. The molecule has 0 radical (unpaired) electrons. The number of aliphatic hydroxyl groups is 1. The fourth-order valence-electron chi connectivity index (χ4n) is 1.11. The first kappa shape index (κ1) is 8.59. The van der Waals surface area contributed by atoms with Crippen molar-refractivity contribution >= 4 is 0 Å². The van der Waals surface area contributed by atoms with Crippen LogP contribution in [-0.4, -0.2) is 17.4 Å². The van der Waals surface area contributed by atoms with Crippen LogP contribution in [0.25, 0.3) is 0 Å². The van der Waals surface area contributed by atoms with E-state index >= 15 is 0 Å². The third-order valence-electron chi connectivity index (χ3n) is 2.14. The summed E-state index contributed by atoms with van der Waals surface area (Å²) in [6, 6.07) is 0. The molecule has 1 unspecified atom stereocenters. The van der Waals surface area contributed by atoms with Gasteiger partial charge < -0.3 is 5.11 Å². The Morgan fingerprint density at radius 2 is 1.91 bits per heavy atom. The summed E-state index contributed by atoms with van der Waals surface area (Å²) in [7, 11) is 0. The summed E-state index contributed by atoms with van der Waals surface area (Å²) in [5.74, 6) is 0. The van der Waals surface area contributed by atoms with Crippen molar-refractivity contribution in [2.45, 2.75) is 25.1 Å². The highest BCUT2D eigenvalue weighted by Gasteiger charge is 2.66. The van der Waals surface area contributed by atoms with E-state index in [1.54, 1.807) is 0 Å². The van der Waals surface area contributed by atoms with E-state index in [4.69, 9.17) is 5.11 Å². The minimum atomic E-state index is -4.29. The zero-order valence-electron chi connectivity index (χ0n) is 5.86. The van der Waals surface area contributed by atoms with Gasteiger partial charge in [0.25, 0.3) is 0 Å². The summed E-state index contributed by atoms with van der Waals surface area (Å²) in [4.78, 5) is 0. The topological polar surface area (TPSA) is 20.2 Å². The zero-order valence-corrected chi connectivity index (χ0v) is 5.86. The number of hydrogen-bond acceptors (Lipinski definition) is 1. The van der Waals surface area contributed by atoms with Crippen molar-refractivity contribution in [1.82, 2.24) is 0 Å². The van der Waals surface area contributed by atoms with Gasteiger partial charge in [0.2, 0.25) is 0 Å². The van der Waals surface area contributed by atoms with E-state index < -0.39 is 17.7 Å². The van der Waals surface area contributed by atoms with Crippen LogP contribution in [0, 0.1) is 5.41 Å². The summed E-state index contributed by atoms with van der Waals surface area (Å²) in [5, 5.41) is 8.95. The second-order valence-electron chi connectivity index (χ2n) is 2.83. The van der Waals surface area contributed by atoms with E-state index in [1.165, 1.54) is 0 Å². The van der Waals surface area contributed by atoms with Gasteiger partial charge in [-0.25, -0.2) is 0 Å². The lowest BCUT2D eigenvalue weighted by molar-refractivity contribution is -0.207. The number of rotatable bonds is 2. The quantitative estimate of drug-likeness (QED) is 0.621. The number of hydrogen-bond donors (Lipinski definition) is 1. The van der Waals surface area contributed by atoms with Gasteiger partial charge in [-0.1, -0.05) is 6.08 Å². The fraction of sp³-hybridized carbons (Fsp3) is 0.714. The number of halogens is 3. The summed E-state index contributed by atoms with van der Waals surface area (Å²) in [6.07, 6.45) is -4.75. The average molecular weight is 166 g/mol. The Hall–Kier alpha value is -0.510. The maximum absolute atomic E-state index is 12.1. The van der Waals surface area contributed by atoms with Gasteiger partial charge in [0, 0.05) is 0 Å². The molecule has 0 aliphatic heterocycles. The Morgan fingerprint density at radius 1 is 1.45 bits per heavy atom. The summed E-state index contributed by atoms with van der Waals surface area (Å²) < 4.78 is 36.4. The maximum atomic E-state index is 12.1. The second-order valence-corrected chi connectivity index (χ2v) is 2.83. The molecule has 0 amide bonds. The first-order valence-electron chi connectivity index (χ1n) is 3.31. The molecule has 1 nitrogen and oxygen atoms in total. The van der Waals surface area contributed by atoms with Gasteiger partial charge in [0.1, 0.15) is 0 Å². The van der Waals surface area contributed by atoms with Crippen molar-refractivity contribution < 1.29 is 18.3 Å². The fourth-order valence-corrected chi connectivity index (χ4v) is 1.11. The van der Waals surface area contributed by atoms with Crippen LogP contribution in [0.15, 0.2) is 12.7 Å². The highest BCUT2D eigenvalue weighted by molar-refractivity contribution is 5.09. The van der Waals surface area contributed by atoms with Gasteiger partial charge in [0.05, 0.1) is 11.5 Å². The van der Waals surface area contributed by atoms with Crippen molar-refractivity contribution in [2.24, 2.45) is 5.41 Å². The van der Waals surface area contributed by atoms with E-state index in [1.807, 2.05) is 0 Å². The zero-order chi connectivity index (χ0) is 8.70. The van der Waals surface area contributed by atoms with Crippen LogP contribution in [0.4, 0.5) is 13.2 Å². The molecule has 11 heavy (non-hydrogen) atoms. The summed E-state index contributed by atoms with van der Waals surface area (Å²) in [5.41, 5.74) is -1.87. The van der Waals surface area contributed by atoms with Crippen molar-refractivity contribution in [3.63, 3.8) is 0 Å². The van der Waals surface area contributed by atoms with E-state index in [0.717, 1.165) is 6.08 Å². The molecule has 1 atom stereocenters. The van der Waals surface area contributed by atoms with Crippen molar-refractivity contribution in [3.05, 3.63) is 12.7 Å². The highest BCUT2D eigenvalue weighted by Crippen LogP contribution is 2.60. The molecule has 1 saturated carbocycles. The molecule has 1 fully saturated rings. The van der Waals surface area contributed by atoms with E-state index in [0.29, 0.717) is 0 Å². The van der Waals surface area contributed by atoms with Gasteiger partial charge in [-0.2, -0.15) is 13.2 Å². The molecule has 0 aromatic rings. The Bertz CT molecular complexity index is 169. The largest absolute Gasteiger partial charge is 0.397 e. The van der Waals surface area contributed by atoms with Crippen LogP contribution < -0.4 is 0 Å². The second kappa shape index (κ2) is 2.24. The lowest BCUT2D eigenvalue weighted by Crippen LogP contribution is -2.34. The highest BCUT2D eigenvalue weighted by atomic mass is 19.4. The van der Waals surface area contributed by atoms with Gasteiger partial charge in [0.15, 0.2) is 0 Å². The standard InChI is InChI=1S/C7H9F3O/c1-2-5(11)6(3-4-6)7(8,9)10/h2,5,11H,1,3-4H2. The molecule has 4 heteroatoms. The maximum Gasteiger partial charge on any atom is 0.397 e. The van der Waals surface area contributed by atoms with Crippen LogP contribution in [-0.2, 0) is 0 Å². The van der Waals surface area contributed by atoms with Crippen LogP contribution in [0.3, 0.4) is 0 Å². The molecule has 1 aliphatic carbocycles. The van der Waals surface area contributed by atoms with Gasteiger partial charge in [-0.3, -0.25) is 0 Å². The Kier molecular flexibility index (Phi) is 1.75. The van der Waals surface area contributed by atoms with Crippen LogP contribution in [0.2, 0.25) is 0 Å². The molecule has 0 spiro atoms. The van der Waals surface area contributed by atoms with Gasteiger partial charge in [-0.05, 0) is 12.8 Å². The van der Waals surface area contributed by atoms with Crippen molar-refractivity contribution in [1.29, 1.82) is 0 Å². The monoisotopic (exact) mass is 166 g/mol. The minimum absolute atomic E-state index is 0.0175. The molecule has 1 N–H and O–H groups in total. The first-order chi connectivity index (χ1) is 4.94. The summed E-state index contributed by atoms with van der Waals surface area (Å²) in [6.45, 7) is 3.13. The molecule has 0 saturated heterocycles. The SMILES string of the molecule is C=CC(O)C1(C(F)(F)F)CC1. The Labute approximate surface area is 62.5 Å². The van der Waals surface area contributed by atoms with Crippen LogP contribution in [0.1, 0.15) is 12.8 Å². The Balaban J connectivity index is 2.75. The van der Waals surface area contributed by atoms with Crippen LogP contribution >= 0.6 is 0 Å². The molecule has 0 heterocycles. The molecule has 1 aliphatic rings. The van der Waals surface area contributed by atoms with E-state index in [9.17, 15) is 13.2 Å². The number of alkyl halides is 3. The molecule has 0 bridgehead atoms. The van der Waals surface area contributed by atoms with Crippen LogP contribution in [0.5, 0.6) is 0 Å². The third kappa shape index (κ3) is 1.15. The summed E-state index contributed by atoms with van der Waals surface area (Å²) >= 11 is 0. The number of aliphatic hydroxyl groups excluding tert-OH is 1. The van der Waals surface area contributed by atoms with Crippen molar-refractivity contribution in [2.75, 3.05) is 0 Å². The molecule has 0 aromatic carbocycles. The molecule has 1 rings (SSSR count). The smallest absolute Gasteiger partial charge is 0.388 e. The average Bonchev–Trinajstić information content (AvgIpc) is 2.63. The molecule has 64 valence electrons. The third-order valence-corrected chi connectivity index (χ3v) is 2.14. The van der Waals surface area contributed by atoms with Gasteiger partial charge in [-0.15, -0.1) is 6.58 Å². The van der Waals surface area contributed by atoms with Crippen molar-refractivity contribution in [3.8, 4) is 0 Å². The lowest BCUT2D eigenvalue weighted by Gasteiger charge is -2.21. The molecular weight excluding hydrogens is 157 g/mol. The molecular formula is C7H9F3O. The minimum Gasteiger partial charge on any atom is -0.388 e. The van der Waals surface area contributed by atoms with Gasteiger partial charge >= 0.3 is 6.18 Å². The molecule has 0 aromatic heterocycles. The predicted molar refractivity (Wildman–Crippen MR) is 33.9 cm³/mol.